The van der Waals surface area contributed by atoms with Crippen LogP contribution < -0.4 is 5.73 Å². The minimum absolute atomic E-state index is 0.115. The summed E-state index contributed by atoms with van der Waals surface area (Å²) in [6, 6.07) is 6.51. The Morgan fingerprint density at radius 1 is 1.35 bits per heavy atom. The Hall–Kier alpha value is -2.94. The fourth-order valence-electron chi connectivity index (χ4n) is 3.04. The lowest BCUT2D eigenvalue weighted by atomic mass is 10.0. The molecule has 1 fully saturated rings. The minimum atomic E-state index is -2.47. The molecule has 1 aromatic rings. The van der Waals surface area contributed by atoms with E-state index in [1.807, 2.05) is 0 Å². The predicted molar refractivity (Wildman–Crippen MR) is 86.7 cm³/mol. The first-order chi connectivity index (χ1) is 12.4. The summed E-state index contributed by atoms with van der Waals surface area (Å²) in [6.07, 6.45) is -0.872. The van der Waals surface area contributed by atoms with Gasteiger partial charge in [0.2, 0.25) is 5.91 Å². The number of alkyl halides is 1. The number of urea groups is 1. The number of nitrogens with two attached hydrogens (primary N) is 1. The average Bonchev–Trinajstić information content (AvgIpc) is 2.85. The van der Waals surface area contributed by atoms with Gasteiger partial charge in [0.1, 0.15) is 12.6 Å². The highest BCUT2D eigenvalue weighted by Gasteiger charge is 2.48. The second kappa shape index (κ2) is 7.12. The number of hydrogen-bond acceptors (Lipinski definition) is 5. The molecule has 9 heteroatoms. The van der Waals surface area contributed by atoms with E-state index < -0.39 is 36.3 Å². The van der Waals surface area contributed by atoms with Crippen molar-refractivity contribution in [2.45, 2.75) is 32.0 Å². The van der Waals surface area contributed by atoms with E-state index in [-0.39, 0.29) is 13.2 Å². The lowest BCUT2D eigenvalue weighted by Gasteiger charge is -2.27. The molecule has 0 spiro atoms. The number of rotatable bonds is 6. The Kier molecular flexibility index (Phi) is 4.90. The second-order valence-corrected chi connectivity index (χ2v) is 6.06. The van der Waals surface area contributed by atoms with Gasteiger partial charge in [-0.25, -0.2) is 18.8 Å². The number of esters is 1. The summed E-state index contributed by atoms with van der Waals surface area (Å²) in [7, 11) is 0. The van der Waals surface area contributed by atoms with E-state index in [4.69, 9.17) is 15.3 Å². The summed E-state index contributed by atoms with van der Waals surface area (Å²) < 4.78 is 19.0. The van der Waals surface area contributed by atoms with Gasteiger partial charge in [-0.3, -0.25) is 4.79 Å². The highest BCUT2D eigenvalue weighted by atomic mass is 19.1. The van der Waals surface area contributed by atoms with Gasteiger partial charge in [0, 0.05) is 0 Å². The molecule has 2 heterocycles. The molecular weight excluding hydrogens is 345 g/mol. The highest BCUT2D eigenvalue weighted by molar-refractivity contribution is 5.90. The van der Waals surface area contributed by atoms with Crippen LogP contribution in [-0.2, 0) is 25.8 Å². The number of halogens is 1. The van der Waals surface area contributed by atoms with Gasteiger partial charge in [0.25, 0.3) is 0 Å². The summed E-state index contributed by atoms with van der Waals surface area (Å²) in [5, 5.41) is 0.737. The number of nitrogens with zero attached hydrogens (tertiary/aromatic N) is 2. The predicted octanol–water partition coefficient (Wildman–Crippen LogP) is 0.877. The molecule has 0 saturated carbocycles. The zero-order chi connectivity index (χ0) is 18.8. The molecule has 2 bridgehead atoms. The molecule has 3 amide bonds. The maximum atomic E-state index is 14.1. The van der Waals surface area contributed by atoms with Gasteiger partial charge in [-0.1, -0.05) is 36.4 Å². The quantitative estimate of drug-likeness (QED) is 0.597. The molecule has 1 unspecified atom stereocenters. The van der Waals surface area contributed by atoms with Gasteiger partial charge < -0.3 is 15.4 Å². The molecule has 26 heavy (non-hydrogen) atoms. The largest absolute Gasteiger partial charge is 0.457 e. The van der Waals surface area contributed by atoms with Gasteiger partial charge in [0.05, 0.1) is 12.6 Å². The summed E-state index contributed by atoms with van der Waals surface area (Å²) >= 11 is 0. The first-order valence-electron chi connectivity index (χ1n) is 7.97. The van der Waals surface area contributed by atoms with Gasteiger partial charge >= 0.3 is 18.4 Å². The van der Waals surface area contributed by atoms with Crippen molar-refractivity contribution in [3.63, 3.8) is 0 Å². The van der Waals surface area contributed by atoms with Crippen LogP contribution in [-0.4, -0.2) is 52.9 Å². The van der Waals surface area contributed by atoms with E-state index in [1.54, 1.807) is 43.3 Å². The number of benzene rings is 1. The van der Waals surface area contributed by atoms with E-state index >= 15 is 0 Å². The first-order valence-corrected chi connectivity index (χ1v) is 7.97. The van der Waals surface area contributed by atoms with Crippen LogP contribution >= 0.6 is 0 Å². The van der Waals surface area contributed by atoms with Crippen LogP contribution in [0.1, 0.15) is 12.5 Å². The lowest BCUT2D eigenvalue weighted by Crippen LogP contribution is -2.48. The van der Waals surface area contributed by atoms with Crippen LogP contribution in [0.2, 0.25) is 0 Å². The van der Waals surface area contributed by atoms with E-state index in [2.05, 4.69) is 0 Å². The van der Waals surface area contributed by atoms with Gasteiger partial charge in [-0.2, -0.15) is 5.06 Å². The summed E-state index contributed by atoms with van der Waals surface area (Å²) in [5.41, 5.74) is 6.57. The Bertz CT molecular complexity index is 754. The third-order valence-corrected chi connectivity index (χ3v) is 4.20. The van der Waals surface area contributed by atoms with Crippen molar-refractivity contribution in [1.82, 2.24) is 9.96 Å². The fourth-order valence-corrected chi connectivity index (χ4v) is 3.04. The number of carbonyl (C=O) groups is 3. The number of hydrogen-bond donors (Lipinski definition) is 1. The Labute approximate surface area is 148 Å². The van der Waals surface area contributed by atoms with Crippen molar-refractivity contribution in [2.75, 3.05) is 6.54 Å². The number of carbonyl (C=O) groups excluding carboxylic acids is 3. The molecule has 8 nitrogen and oxygen atoms in total. The van der Waals surface area contributed by atoms with Gasteiger partial charge in [0.15, 0.2) is 0 Å². The molecule has 1 saturated heterocycles. The molecule has 0 aromatic heterocycles. The third kappa shape index (κ3) is 3.38. The number of amides is 3. The zero-order valence-corrected chi connectivity index (χ0v) is 14.0. The SMILES string of the molecule is CC1=C[C@@H]2CN(C(=O)N2OC(F)C(=O)OCc2ccccc2)[C@@H]1C(N)=O. The topological polar surface area (TPSA) is 102 Å². The van der Waals surface area contributed by atoms with Crippen molar-refractivity contribution in [2.24, 2.45) is 5.73 Å². The maximum absolute atomic E-state index is 14.1. The van der Waals surface area contributed by atoms with Crippen molar-refractivity contribution >= 4 is 17.9 Å². The van der Waals surface area contributed by atoms with Gasteiger partial charge in [-0.05, 0) is 18.1 Å². The number of primary amides is 1. The van der Waals surface area contributed by atoms with Crippen LogP contribution in [0.25, 0.3) is 0 Å². The third-order valence-electron chi connectivity index (χ3n) is 4.20. The van der Waals surface area contributed by atoms with Crippen LogP contribution in [0.5, 0.6) is 0 Å². The van der Waals surface area contributed by atoms with Crippen molar-refractivity contribution in [3.8, 4) is 0 Å². The van der Waals surface area contributed by atoms with Crippen LogP contribution in [0.3, 0.4) is 0 Å². The zero-order valence-electron chi connectivity index (χ0n) is 14.0. The molecule has 0 aliphatic carbocycles. The molecule has 0 radical (unpaired) electrons. The van der Waals surface area contributed by atoms with E-state index in [0.717, 1.165) is 5.06 Å². The molecule has 3 rings (SSSR count). The second-order valence-electron chi connectivity index (χ2n) is 6.06. The van der Waals surface area contributed by atoms with E-state index in [1.165, 1.54) is 4.90 Å². The van der Waals surface area contributed by atoms with Crippen LogP contribution in [0, 0.1) is 0 Å². The Morgan fingerprint density at radius 2 is 2.04 bits per heavy atom. The fraction of sp³-hybridized carbons (Fsp3) is 0.353. The molecule has 1 aromatic carbocycles. The smallest absolute Gasteiger partial charge is 0.371 e. The summed E-state index contributed by atoms with van der Waals surface area (Å²) in [6.45, 7) is 1.65. The maximum Gasteiger partial charge on any atom is 0.371 e. The Morgan fingerprint density at radius 3 is 2.69 bits per heavy atom. The number of ether oxygens (including phenoxy) is 1. The molecule has 2 aliphatic heterocycles. The highest BCUT2D eigenvalue weighted by Crippen LogP contribution is 2.30. The molecule has 138 valence electrons. The minimum Gasteiger partial charge on any atom is -0.457 e. The molecule has 3 atom stereocenters. The molecular formula is C17H18FN3O5. The van der Waals surface area contributed by atoms with Crippen molar-refractivity contribution in [3.05, 3.63) is 47.5 Å². The Balaban J connectivity index is 1.61. The molecule has 2 aliphatic rings. The normalized spacial score (nSPS) is 22.8. The summed E-state index contributed by atoms with van der Waals surface area (Å²) in [4.78, 5) is 41.7. The number of fused-ring (bicyclic) bond motifs is 2. The van der Waals surface area contributed by atoms with Crippen LogP contribution in [0.15, 0.2) is 42.0 Å². The van der Waals surface area contributed by atoms with E-state index in [9.17, 15) is 18.8 Å². The standard InChI is InChI=1S/C17H18FN3O5/c1-10-7-12-8-20(13(10)15(19)22)17(24)21(12)26-14(18)16(23)25-9-11-5-3-2-4-6-11/h2-7,12-14H,8-9H2,1H3,(H2,19,22)/t12-,13+,14?/m1/s1. The average molecular weight is 363 g/mol. The van der Waals surface area contributed by atoms with Crippen molar-refractivity contribution < 1.29 is 28.3 Å². The lowest BCUT2D eigenvalue weighted by molar-refractivity contribution is -0.224. The number of hydroxylamine groups is 2. The first kappa shape index (κ1) is 17.9. The molecule has 2 N–H and O–H groups in total. The van der Waals surface area contributed by atoms with Gasteiger partial charge in [-0.15, -0.1) is 0 Å². The monoisotopic (exact) mass is 363 g/mol. The summed E-state index contributed by atoms with van der Waals surface area (Å²) in [5.74, 6) is -1.93. The van der Waals surface area contributed by atoms with E-state index in [0.29, 0.717) is 11.1 Å². The van der Waals surface area contributed by atoms with Crippen LogP contribution in [0.4, 0.5) is 9.18 Å². The van der Waals surface area contributed by atoms with Crippen molar-refractivity contribution in [1.29, 1.82) is 0 Å².